The Morgan fingerprint density at radius 1 is 1.12 bits per heavy atom. The van der Waals surface area contributed by atoms with E-state index in [1.807, 2.05) is 0 Å². The second kappa shape index (κ2) is 11.9. The van der Waals surface area contributed by atoms with Gasteiger partial charge in [0, 0.05) is 26.2 Å². The third-order valence-corrected chi connectivity index (χ3v) is 2.23. The fraction of sp³-hybridized carbons (Fsp3) is 0.923. The first-order valence-corrected chi connectivity index (χ1v) is 6.59. The number of nitrogens with one attached hydrogen (secondary N) is 1. The van der Waals surface area contributed by atoms with Gasteiger partial charge in [0.1, 0.15) is 0 Å². The molecule has 4 nitrogen and oxygen atoms in total. The van der Waals surface area contributed by atoms with Crippen LogP contribution in [0.15, 0.2) is 0 Å². The van der Waals surface area contributed by atoms with Gasteiger partial charge in [-0.25, -0.2) is 0 Å². The minimum Gasteiger partial charge on any atom is -0.381 e. The van der Waals surface area contributed by atoms with Gasteiger partial charge in [-0.2, -0.15) is 0 Å². The Morgan fingerprint density at radius 3 is 2.47 bits per heavy atom. The van der Waals surface area contributed by atoms with Crippen molar-refractivity contribution in [2.24, 2.45) is 5.92 Å². The van der Waals surface area contributed by atoms with Gasteiger partial charge in [-0.3, -0.25) is 4.79 Å². The Kier molecular flexibility index (Phi) is 11.4. The van der Waals surface area contributed by atoms with Gasteiger partial charge in [0.2, 0.25) is 5.91 Å². The number of carbonyl (C=O) groups is 1. The number of carbonyl (C=O) groups excluding carboxylic acids is 1. The highest BCUT2D eigenvalue weighted by atomic mass is 16.5. The average Bonchev–Trinajstić information content (AvgIpc) is 2.28. The van der Waals surface area contributed by atoms with Crippen LogP contribution in [0.3, 0.4) is 0 Å². The van der Waals surface area contributed by atoms with E-state index in [0.717, 1.165) is 26.1 Å². The topological polar surface area (TPSA) is 47.6 Å². The monoisotopic (exact) mass is 245 g/mol. The smallest absolute Gasteiger partial charge is 0.222 e. The molecule has 0 aromatic heterocycles. The summed E-state index contributed by atoms with van der Waals surface area (Å²) in [6.45, 7) is 9.57. The molecule has 0 aliphatic carbocycles. The van der Waals surface area contributed by atoms with Gasteiger partial charge in [-0.15, -0.1) is 0 Å². The van der Waals surface area contributed by atoms with Crippen molar-refractivity contribution in [3.05, 3.63) is 0 Å². The molecule has 0 unspecified atom stereocenters. The molecule has 0 bridgehead atoms. The fourth-order valence-electron chi connectivity index (χ4n) is 1.18. The number of hydrogen-bond acceptors (Lipinski definition) is 3. The van der Waals surface area contributed by atoms with Gasteiger partial charge < -0.3 is 14.8 Å². The predicted octanol–water partition coefficient (Wildman–Crippen LogP) is 1.98. The molecule has 0 spiro atoms. The first-order chi connectivity index (χ1) is 8.16. The van der Waals surface area contributed by atoms with Crippen molar-refractivity contribution < 1.29 is 14.3 Å². The molecule has 1 N–H and O–H groups in total. The van der Waals surface area contributed by atoms with Crippen LogP contribution in [0.5, 0.6) is 0 Å². The van der Waals surface area contributed by atoms with Crippen molar-refractivity contribution in [2.75, 3.05) is 33.0 Å². The third kappa shape index (κ3) is 13.3. The van der Waals surface area contributed by atoms with Gasteiger partial charge in [0.25, 0.3) is 0 Å². The largest absolute Gasteiger partial charge is 0.381 e. The molecule has 0 heterocycles. The summed E-state index contributed by atoms with van der Waals surface area (Å²) < 4.78 is 10.6. The van der Waals surface area contributed by atoms with E-state index in [-0.39, 0.29) is 5.91 Å². The van der Waals surface area contributed by atoms with E-state index < -0.39 is 0 Å². The van der Waals surface area contributed by atoms with Crippen molar-refractivity contribution in [3.63, 3.8) is 0 Å². The predicted molar refractivity (Wildman–Crippen MR) is 69.0 cm³/mol. The van der Waals surface area contributed by atoms with E-state index in [1.165, 1.54) is 0 Å². The average molecular weight is 245 g/mol. The standard InChI is InChI=1S/C13H27NO3/c1-4-8-16-11-7-14-13(15)6-10-17-9-5-12(2)3/h12H,4-11H2,1-3H3,(H,14,15). The molecular weight excluding hydrogens is 218 g/mol. The van der Waals surface area contributed by atoms with Crippen molar-refractivity contribution in [2.45, 2.75) is 40.0 Å². The number of rotatable bonds is 11. The van der Waals surface area contributed by atoms with Gasteiger partial charge in [0.15, 0.2) is 0 Å². The summed E-state index contributed by atoms with van der Waals surface area (Å²) in [5.74, 6) is 0.689. The summed E-state index contributed by atoms with van der Waals surface area (Å²) in [5.41, 5.74) is 0. The molecule has 0 atom stereocenters. The summed E-state index contributed by atoms with van der Waals surface area (Å²) in [7, 11) is 0. The highest BCUT2D eigenvalue weighted by molar-refractivity contribution is 5.75. The number of hydrogen-bond donors (Lipinski definition) is 1. The Morgan fingerprint density at radius 2 is 1.82 bits per heavy atom. The third-order valence-electron chi connectivity index (χ3n) is 2.23. The van der Waals surface area contributed by atoms with Gasteiger partial charge in [-0.1, -0.05) is 20.8 Å². The van der Waals surface area contributed by atoms with Gasteiger partial charge in [-0.05, 0) is 18.8 Å². The molecule has 0 aliphatic rings. The normalized spacial score (nSPS) is 10.8. The van der Waals surface area contributed by atoms with Crippen LogP contribution in [0.1, 0.15) is 40.0 Å². The first-order valence-electron chi connectivity index (χ1n) is 6.59. The molecular formula is C13H27NO3. The second-order valence-electron chi connectivity index (χ2n) is 4.51. The summed E-state index contributed by atoms with van der Waals surface area (Å²) in [4.78, 5) is 11.3. The van der Waals surface area contributed by atoms with Crippen LogP contribution in [-0.2, 0) is 14.3 Å². The van der Waals surface area contributed by atoms with E-state index in [9.17, 15) is 4.79 Å². The zero-order chi connectivity index (χ0) is 12.9. The van der Waals surface area contributed by atoms with Crippen molar-refractivity contribution >= 4 is 5.91 Å². The summed E-state index contributed by atoms with van der Waals surface area (Å²) >= 11 is 0. The molecule has 4 heteroatoms. The van der Waals surface area contributed by atoms with Crippen LogP contribution in [-0.4, -0.2) is 38.9 Å². The zero-order valence-corrected chi connectivity index (χ0v) is 11.5. The maximum Gasteiger partial charge on any atom is 0.222 e. The Balaban J connectivity index is 3.18. The summed E-state index contributed by atoms with van der Waals surface area (Å²) in [6.07, 6.45) is 2.50. The van der Waals surface area contributed by atoms with Crippen LogP contribution >= 0.6 is 0 Å². The molecule has 0 aliphatic heterocycles. The van der Waals surface area contributed by atoms with E-state index in [1.54, 1.807) is 0 Å². The maximum absolute atomic E-state index is 11.3. The van der Waals surface area contributed by atoms with E-state index in [0.29, 0.717) is 32.1 Å². The lowest BCUT2D eigenvalue weighted by molar-refractivity contribution is -0.122. The lowest BCUT2D eigenvalue weighted by Crippen LogP contribution is -2.28. The van der Waals surface area contributed by atoms with Crippen LogP contribution in [0, 0.1) is 5.92 Å². The van der Waals surface area contributed by atoms with Crippen LogP contribution in [0.2, 0.25) is 0 Å². The molecule has 0 aromatic carbocycles. The lowest BCUT2D eigenvalue weighted by Gasteiger charge is -2.07. The van der Waals surface area contributed by atoms with Crippen LogP contribution < -0.4 is 5.32 Å². The lowest BCUT2D eigenvalue weighted by atomic mass is 10.1. The molecule has 0 saturated carbocycles. The Hall–Kier alpha value is -0.610. The highest BCUT2D eigenvalue weighted by Crippen LogP contribution is 1.98. The summed E-state index contributed by atoms with van der Waals surface area (Å²) in [5, 5.41) is 2.80. The van der Waals surface area contributed by atoms with E-state index in [2.05, 4.69) is 26.1 Å². The minimum atomic E-state index is 0.0367. The quantitative estimate of drug-likeness (QED) is 0.566. The Labute approximate surface area is 105 Å². The number of ether oxygens (including phenoxy) is 2. The molecule has 1 amide bonds. The fourth-order valence-corrected chi connectivity index (χ4v) is 1.18. The Bertz CT molecular complexity index is 184. The van der Waals surface area contributed by atoms with Gasteiger partial charge >= 0.3 is 0 Å². The SMILES string of the molecule is CCCOCCNC(=O)CCOCCC(C)C. The molecule has 0 rings (SSSR count). The maximum atomic E-state index is 11.3. The van der Waals surface area contributed by atoms with Crippen LogP contribution in [0.25, 0.3) is 0 Å². The van der Waals surface area contributed by atoms with E-state index in [4.69, 9.17) is 9.47 Å². The first kappa shape index (κ1) is 16.4. The van der Waals surface area contributed by atoms with Gasteiger partial charge in [0.05, 0.1) is 13.2 Å². The molecule has 0 aromatic rings. The molecule has 0 fully saturated rings. The van der Waals surface area contributed by atoms with Crippen molar-refractivity contribution in [1.82, 2.24) is 5.32 Å². The molecule has 102 valence electrons. The van der Waals surface area contributed by atoms with E-state index >= 15 is 0 Å². The molecule has 0 saturated heterocycles. The second-order valence-corrected chi connectivity index (χ2v) is 4.51. The zero-order valence-electron chi connectivity index (χ0n) is 11.5. The van der Waals surface area contributed by atoms with Crippen molar-refractivity contribution in [1.29, 1.82) is 0 Å². The van der Waals surface area contributed by atoms with Crippen molar-refractivity contribution in [3.8, 4) is 0 Å². The molecule has 0 radical (unpaired) electrons. The number of amides is 1. The minimum absolute atomic E-state index is 0.0367. The highest BCUT2D eigenvalue weighted by Gasteiger charge is 2.00. The van der Waals surface area contributed by atoms with Crippen LogP contribution in [0.4, 0.5) is 0 Å². The summed E-state index contributed by atoms with van der Waals surface area (Å²) in [6, 6.07) is 0. The molecule has 17 heavy (non-hydrogen) atoms.